The molecule has 4 aromatic carbocycles. The minimum absolute atomic E-state index is 0.331. The lowest BCUT2D eigenvalue weighted by Gasteiger charge is -2.15. The summed E-state index contributed by atoms with van der Waals surface area (Å²) in [5.41, 5.74) is 7.68. The van der Waals surface area contributed by atoms with E-state index in [1.807, 2.05) is 12.2 Å². The quantitative estimate of drug-likeness (QED) is 0.264. The highest BCUT2D eigenvalue weighted by atomic mass is 14.2. The molecule has 2 atom stereocenters. The highest BCUT2D eigenvalue weighted by Crippen LogP contribution is 2.28. The van der Waals surface area contributed by atoms with Crippen molar-refractivity contribution >= 4 is 12.2 Å². The second-order valence-electron chi connectivity index (χ2n) is 8.48. The maximum Gasteiger partial charge on any atom is 0.00669 e. The number of benzene rings is 4. The molecule has 0 fully saturated rings. The summed E-state index contributed by atoms with van der Waals surface area (Å²) in [5, 5.41) is 0. The number of rotatable bonds is 6. The van der Waals surface area contributed by atoms with Crippen LogP contribution in [0.5, 0.6) is 0 Å². The van der Waals surface area contributed by atoms with Crippen LogP contribution in [0.15, 0.2) is 121 Å². The van der Waals surface area contributed by atoms with Crippen molar-refractivity contribution in [1.82, 2.24) is 0 Å². The summed E-state index contributed by atoms with van der Waals surface area (Å²) in [4.78, 5) is 0. The van der Waals surface area contributed by atoms with Gasteiger partial charge in [-0.1, -0.05) is 135 Å². The zero-order valence-corrected chi connectivity index (χ0v) is 19.9. The summed E-state index contributed by atoms with van der Waals surface area (Å²) >= 11 is 0. The van der Waals surface area contributed by atoms with Crippen LogP contribution in [0.1, 0.15) is 59.1 Å². The Morgan fingerprint density at radius 3 is 1.24 bits per heavy atom. The Morgan fingerprint density at radius 1 is 0.471 bits per heavy atom. The first-order chi connectivity index (χ1) is 16.7. The van der Waals surface area contributed by atoms with Crippen LogP contribution >= 0.6 is 0 Å². The minimum atomic E-state index is 0.331. The van der Waals surface area contributed by atoms with Gasteiger partial charge in [-0.2, -0.15) is 0 Å². The Balaban J connectivity index is 1.48. The molecular formula is C34H30. The van der Waals surface area contributed by atoms with Crippen LogP contribution < -0.4 is 0 Å². The molecule has 0 aromatic heterocycles. The summed E-state index contributed by atoms with van der Waals surface area (Å²) in [5.74, 6) is 7.01. The lowest BCUT2D eigenvalue weighted by atomic mass is 9.89. The zero-order chi connectivity index (χ0) is 23.6. The molecule has 0 aliphatic heterocycles. The van der Waals surface area contributed by atoms with E-state index in [1.165, 1.54) is 33.4 Å². The molecule has 2 unspecified atom stereocenters. The van der Waals surface area contributed by atoms with Gasteiger partial charge in [-0.15, -0.1) is 0 Å². The van der Waals surface area contributed by atoms with Crippen LogP contribution in [0.4, 0.5) is 0 Å². The fourth-order valence-corrected chi connectivity index (χ4v) is 4.32. The second-order valence-corrected chi connectivity index (χ2v) is 8.48. The first-order valence-corrected chi connectivity index (χ1v) is 11.9. The standard InChI is InChI=1S/C34H30/c1-27(29-17-9-5-10-18-29)33-25-15-13-23-31(33)21-7-3-4-8-22-32-24-14-16-26-34(32)28(2)30-19-11-6-12-20-30/h5-28H,1-2H3. The van der Waals surface area contributed by atoms with Crippen molar-refractivity contribution in [2.75, 3.05) is 0 Å². The number of allylic oxidation sites excluding steroid dienone is 2. The third kappa shape index (κ3) is 5.83. The van der Waals surface area contributed by atoms with E-state index in [4.69, 9.17) is 0 Å². The van der Waals surface area contributed by atoms with Crippen molar-refractivity contribution in [1.29, 1.82) is 0 Å². The maximum absolute atomic E-state index is 3.17. The van der Waals surface area contributed by atoms with Gasteiger partial charge in [0.05, 0.1) is 0 Å². The second kappa shape index (κ2) is 11.7. The molecule has 0 amide bonds. The molecule has 4 aromatic rings. The fourth-order valence-electron chi connectivity index (χ4n) is 4.32. The Morgan fingerprint density at radius 2 is 0.824 bits per heavy atom. The summed E-state index contributed by atoms with van der Waals surface area (Å²) in [6.07, 6.45) is 8.11. The highest BCUT2D eigenvalue weighted by Gasteiger charge is 2.11. The smallest absolute Gasteiger partial charge is 0.00669 e. The summed E-state index contributed by atoms with van der Waals surface area (Å²) in [7, 11) is 0. The SMILES string of the molecule is CC(c1ccccc1)c1ccccc1C=CC#CC=Cc1ccccc1C(C)c1ccccc1. The molecule has 0 radical (unpaired) electrons. The van der Waals surface area contributed by atoms with E-state index < -0.39 is 0 Å². The van der Waals surface area contributed by atoms with Gasteiger partial charge in [0.2, 0.25) is 0 Å². The molecule has 0 heteroatoms. The van der Waals surface area contributed by atoms with E-state index in [0.717, 1.165) is 0 Å². The molecule has 0 saturated heterocycles. The van der Waals surface area contributed by atoms with E-state index in [9.17, 15) is 0 Å². The first-order valence-electron chi connectivity index (χ1n) is 11.9. The van der Waals surface area contributed by atoms with Crippen molar-refractivity contribution in [2.24, 2.45) is 0 Å². The van der Waals surface area contributed by atoms with Gasteiger partial charge in [0, 0.05) is 11.8 Å². The summed E-state index contributed by atoms with van der Waals surface area (Å²) in [6.45, 7) is 4.51. The van der Waals surface area contributed by atoms with E-state index in [-0.39, 0.29) is 0 Å². The van der Waals surface area contributed by atoms with Crippen molar-refractivity contribution < 1.29 is 0 Å². The van der Waals surface area contributed by atoms with Crippen LogP contribution in [-0.2, 0) is 0 Å². The number of hydrogen-bond acceptors (Lipinski definition) is 0. The highest BCUT2D eigenvalue weighted by molar-refractivity contribution is 5.61. The molecule has 0 N–H and O–H groups in total. The lowest BCUT2D eigenvalue weighted by Crippen LogP contribution is -1.98. The third-order valence-electron chi connectivity index (χ3n) is 6.30. The Kier molecular flexibility index (Phi) is 7.94. The first kappa shape index (κ1) is 23.1. The van der Waals surface area contributed by atoms with Crippen LogP contribution in [0.2, 0.25) is 0 Å². The molecule has 4 rings (SSSR count). The van der Waals surface area contributed by atoms with Crippen molar-refractivity contribution in [3.05, 3.63) is 155 Å². The average Bonchev–Trinajstić information content (AvgIpc) is 2.91. The Labute approximate surface area is 204 Å². The predicted octanol–water partition coefficient (Wildman–Crippen LogP) is 8.72. The van der Waals surface area contributed by atoms with Gasteiger partial charge in [-0.25, -0.2) is 0 Å². The van der Waals surface area contributed by atoms with Gasteiger partial charge in [-0.05, 0) is 57.7 Å². The van der Waals surface area contributed by atoms with Gasteiger partial charge in [0.1, 0.15) is 0 Å². The van der Waals surface area contributed by atoms with Crippen LogP contribution in [0, 0.1) is 11.8 Å². The van der Waals surface area contributed by atoms with Crippen LogP contribution in [0.25, 0.3) is 12.2 Å². The Bertz CT molecular complexity index is 1210. The van der Waals surface area contributed by atoms with Gasteiger partial charge in [0.25, 0.3) is 0 Å². The summed E-state index contributed by atoms with van der Waals surface area (Å²) < 4.78 is 0. The van der Waals surface area contributed by atoms with E-state index in [1.54, 1.807) is 0 Å². The third-order valence-corrected chi connectivity index (χ3v) is 6.30. The topological polar surface area (TPSA) is 0 Å². The molecule has 0 aliphatic rings. The normalized spacial score (nSPS) is 12.9. The Hall–Kier alpha value is -4.08. The maximum atomic E-state index is 3.17. The molecule has 0 nitrogen and oxygen atoms in total. The van der Waals surface area contributed by atoms with Crippen molar-refractivity contribution in [2.45, 2.75) is 25.7 Å². The van der Waals surface area contributed by atoms with E-state index >= 15 is 0 Å². The van der Waals surface area contributed by atoms with E-state index in [0.29, 0.717) is 11.8 Å². The molecule has 166 valence electrons. The molecule has 0 aliphatic carbocycles. The monoisotopic (exact) mass is 438 g/mol. The van der Waals surface area contributed by atoms with Crippen LogP contribution in [0.3, 0.4) is 0 Å². The number of hydrogen-bond donors (Lipinski definition) is 0. The average molecular weight is 439 g/mol. The molecule has 0 bridgehead atoms. The minimum Gasteiger partial charge on any atom is -0.0702 e. The van der Waals surface area contributed by atoms with Gasteiger partial charge < -0.3 is 0 Å². The predicted molar refractivity (Wildman–Crippen MR) is 147 cm³/mol. The van der Waals surface area contributed by atoms with Gasteiger partial charge in [0.15, 0.2) is 0 Å². The van der Waals surface area contributed by atoms with Gasteiger partial charge in [-0.3, -0.25) is 0 Å². The van der Waals surface area contributed by atoms with Crippen molar-refractivity contribution in [3.8, 4) is 11.8 Å². The summed E-state index contributed by atoms with van der Waals surface area (Å²) in [6, 6.07) is 38.4. The van der Waals surface area contributed by atoms with E-state index in [2.05, 4.69) is 147 Å². The molecule has 0 heterocycles. The molecule has 0 spiro atoms. The lowest BCUT2D eigenvalue weighted by molar-refractivity contribution is 0.919. The van der Waals surface area contributed by atoms with Gasteiger partial charge >= 0.3 is 0 Å². The molecular weight excluding hydrogens is 408 g/mol. The van der Waals surface area contributed by atoms with Crippen molar-refractivity contribution in [3.63, 3.8) is 0 Å². The molecule has 34 heavy (non-hydrogen) atoms. The zero-order valence-electron chi connectivity index (χ0n) is 19.9. The largest absolute Gasteiger partial charge is 0.0702 e. The molecule has 0 saturated carbocycles. The fraction of sp³-hybridized carbons (Fsp3) is 0.118. The van der Waals surface area contributed by atoms with Crippen LogP contribution in [-0.4, -0.2) is 0 Å².